The molecule has 0 amide bonds. The molecule has 98 valence electrons. The van der Waals surface area contributed by atoms with E-state index < -0.39 is 5.97 Å². The maximum absolute atomic E-state index is 10.5. The number of nitrogens with one attached hydrogen (secondary N) is 1. The number of hydrogen-bond acceptors (Lipinski definition) is 3. The monoisotopic (exact) mass is 269 g/mol. The summed E-state index contributed by atoms with van der Waals surface area (Å²) < 4.78 is 0. The molecular weight excluding hydrogens is 249 g/mol. The van der Waals surface area contributed by atoms with Gasteiger partial charge >= 0.3 is 29.6 Å². The quantitative estimate of drug-likeness (QED) is 0.696. The van der Waals surface area contributed by atoms with Crippen molar-refractivity contribution in [2.24, 2.45) is 5.92 Å². The molecule has 4 heteroatoms. The maximum atomic E-state index is 10.5. The first-order valence-corrected chi connectivity index (χ1v) is 6.70. The van der Waals surface area contributed by atoms with Crippen molar-refractivity contribution in [3.63, 3.8) is 0 Å². The second kappa shape index (κ2) is 7.93. The van der Waals surface area contributed by atoms with Crippen LogP contribution in [0.4, 0.5) is 5.69 Å². The zero-order valence-electron chi connectivity index (χ0n) is 11.8. The number of carbonyl (C=O) groups is 1. The van der Waals surface area contributed by atoms with E-state index in [0.29, 0.717) is 6.04 Å². The molecular formula is C15H20NNaO2. The third-order valence-electron chi connectivity index (χ3n) is 3.80. The van der Waals surface area contributed by atoms with Crippen LogP contribution in [0.5, 0.6) is 0 Å². The second-order valence-corrected chi connectivity index (χ2v) is 5.22. The largest absolute Gasteiger partial charge is 1.00 e. The molecule has 0 heterocycles. The predicted molar refractivity (Wildman–Crippen MR) is 70.2 cm³/mol. The summed E-state index contributed by atoms with van der Waals surface area (Å²) in [6.07, 6.45) is 5.31. The smallest absolute Gasteiger partial charge is 0.550 e. The maximum Gasteiger partial charge on any atom is 1.00 e. The number of carbonyl (C=O) groups excluding carboxylic acids is 1. The van der Waals surface area contributed by atoms with Crippen molar-refractivity contribution in [1.82, 2.24) is 0 Å². The Morgan fingerprint density at radius 3 is 2.42 bits per heavy atom. The van der Waals surface area contributed by atoms with E-state index >= 15 is 0 Å². The van der Waals surface area contributed by atoms with Gasteiger partial charge in [-0.2, -0.15) is 0 Å². The Labute approximate surface area is 137 Å². The fraction of sp³-hybridized carbons (Fsp3) is 0.533. The van der Waals surface area contributed by atoms with Crippen LogP contribution in [-0.4, -0.2) is 12.0 Å². The van der Waals surface area contributed by atoms with Crippen LogP contribution in [0.25, 0.3) is 0 Å². The topological polar surface area (TPSA) is 52.2 Å². The number of hydrogen-bond donors (Lipinski definition) is 1. The fourth-order valence-electron chi connectivity index (χ4n) is 2.72. The molecule has 1 aromatic carbocycles. The van der Waals surface area contributed by atoms with Crippen molar-refractivity contribution in [3.05, 3.63) is 29.8 Å². The van der Waals surface area contributed by atoms with Gasteiger partial charge in [-0.3, -0.25) is 0 Å². The van der Waals surface area contributed by atoms with Crippen LogP contribution in [0.2, 0.25) is 0 Å². The summed E-state index contributed by atoms with van der Waals surface area (Å²) in [6, 6.07) is 8.08. The van der Waals surface area contributed by atoms with E-state index in [0.717, 1.165) is 17.2 Å². The number of anilines is 1. The molecule has 3 nitrogen and oxygen atoms in total. The van der Waals surface area contributed by atoms with Crippen molar-refractivity contribution in [1.29, 1.82) is 0 Å². The zero-order valence-corrected chi connectivity index (χ0v) is 13.8. The van der Waals surface area contributed by atoms with Crippen LogP contribution in [-0.2, 0) is 11.2 Å². The summed E-state index contributed by atoms with van der Waals surface area (Å²) >= 11 is 0. The molecule has 1 unspecified atom stereocenters. The molecule has 0 saturated heterocycles. The van der Waals surface area contributed by atoms with Crippen molar-refractivity contribution in [2.75, 3.05) is 5.32 Å². The molecule has 1 fully saturated rings. The van der Waals surface area contributed by atoms with Crippen LogP contribution >= 0.6 is 0 Å². The molecule has 0 aliphatic heterocycles. The number of aliphatic carboxylic acids is 1. The third kappa shape index (κ3) is 5.17. The Morgan fingerprint density at radius 2 is 1.89 bits per heavy atom. The average molecular weight is 269 g/mol. The zero-order chi connectivity index (χ0) is 13.0. The Balaban J connectivity index is 0.00000180. The Kier molecular flexibility index (Phi) is 6.90. The molecule has 1 aliphatic carbocycles. The van der Waals surface area contributed by atoms with Gasteiger partial charge in [-0.05, 0) is 43.4 Å². The van der Waals surface area contributed by atoms with Gasteiger partial charge in [0.2, 0.25) is 0 Å². The first-order valence-electron chi connectivity index (χ1n) is 6.70. The Bertz CT molecular complexity index is 399. The summed E-state index contributed by atoms with van der Waals surface area (Å²) in [5, 5.41) is 14.0. The molecule has 1 saturated carbocycles. The van der Waals surface area contributed by atoms with E-state index in [9.17, 15) is 9.90 Å². The summed E-state index contributed by atoms with van der Waals surface area (Å²) in [7, 11) is 0. The predicted octanol–water partition coefficient (Wildman–Crippen LogP) is -1.03. The van der Waals surface area contributed by atoms with Gasteiger partial charge < -0.3 is 15.2 Å². The molecule has 0 spiro atoms. The van der Waals surface area contributed by atoms with Crippen LogP contribution in [0, 0.1) is 5.92 Å². The van der Waals surface area contributed by atoms with Gasteiger partial charge in [0.15, 0.2) is 0 Å². The molecule has 1 aliphatic rings. The molecule has 19 heavy (non-hydrogen) atoms. The first kappa shape index (κ1) is 16.5. The Morgan fingerprint density at radius 1 is 1.32 bits per heavy atom. The molecule has 2 rings (SSSR count). The van der Waals surface area contributed by atoms with Crippen molar-refractivity contribution in [2.45, 2.75) is 45.1 Å². The van der Waals surface area contributed by atoms with E-state index in [1.807, 2.05) is 24.3 Å². The number of benzene rings is 1. The third-order valence-corrected chi connectivity index (χ3v) is 3.80. The van der Waals surface area contributed by atoms with Gasteiger partial charge in [-0.25, -0.2) is 0 Å². The number of rotatable bonds is 5. The summed E-state index contributed by atoms with van der Waals surface area (Å²) in [4.78, 5) is 10.5. The van der Waals surface area contributed by atoms with Crippen LogP contribution in [0.1, 0.15) is 38.2 Å². The van der Waals surface area contributed by atoms with E-state index in [2.05, 4.69) is 12.2 Å². The summed E-state index contributed by atoms with van der Waals surface area (Å²) in [6.45, 7) is 2.23. The minimum absolute atomic E-state index is 0. The Hall–Kier alpha value is -0.510. The summed E-state index contributed by atoms with van der Waals surface area (Å²) in [5.74, 6) is -0.261. The van der Waals surface area contributed by atoms with Crippen LogP contribution < -0.4 is 40.0 Å². The van der Waals surface area contributed by atoms with E-state index in [4.69, 9.17) is 0 Å². The molecule has 1 atom stereocenters. The number of carboxylic acid groups (broad SMARTS) is 1. The van der Waals surface area contributed by atoms with Crippen molar-refractivity contribution < 1.29 is 39.5 Å². The van der Waals surface area contributed by atoms with Crippen LogP contribution in [0.15, 0.2) is 24.3 Å². The molecule has 1 aromatic rings. The van der Waals surface area contributed by atoms with Gasteiger partial charge in [0.1, 0.15) is 0 Å². The SMILES string of the molecule is CC(Nc1ccc(CC(=O)[O-])cc1)C1CCCC1.[Na+]. The number of carboxylic acids is 1. The van der Waals surface area contributed by atoms with Gasteiger partial charge in [-0.15, -0.1) is 0 Å². The summed E-state index contributed by atoms with van der Waals surface area (Å²) in [5.41, 5.74) is 1.85. The molecule has 0 radical (unpaired) electrons. The van der Waals surface area contributed by atoms with Gasteiger partial charge in [0.05, 0.1) is 0 Å². The minimum Gasteiger partial charge on any atom is -0.550 e. The van der Waals surface area contributed by atoms with Crippen molar-refractivity contribution in [3.8, 4) is 0 Å². The van der Waals surface area contributed by atoms with E-state index in [1.54, 1.807) is 0 Å². The molecule has 0 aromatic heterocycles. The first-order chi connectivity index (χ1) is 8.65. The molecule has 0 bridgehead atoms. The molecule has 1 N–H and O–H groups in total. The van der Waals surface area contributed by atoms with Gasteiger partial charge in [0, 0.05) is 24.1 Å². The average Bonchev–Trinajstić information content (AvgIpc) is 2.84. The minimum atomic E-state index is -1.03. The van der Waals surface area contributed by atoms with Gasteiger partial charge in [0.25, 0.3) is 0 Å². The van der Waals surface area contributed by atoms with Gasteiger partial charge in [-0.1, -0.05) is 25.0 Å². The van der Waals surface area contributed by atoms with Crippen molar-refractivity contribution >= 4 is 11.7 Å². The second-order valence-electron chi connectivity index (χ2n) is 5.22. The van der Waals surface area contributed by atoms with E-state index in [-0.39, 0.29) is 36.0 Å². The van der Waals surface area contributed by atoms with E-state index in [1.165, 1.54) is 25.7 Å². The van der Waals surface area contributed by atoms with Crippen LogP contribution in [0.3, 0.4) is 0 Å². The normalized spacial score (nSPS) is 16.7. The standard InChI is InChI=1S/C15H21NO2.Na/c1-11(13-4-2-3-5-13)16-14-8-6-12(7-9-14)10-15(17)18;/h6-9,11,13,16H,2-5,10H2,1H3,(H,17,18);/q;+1/p-1. The fourth-order valence-corrected chi connectivity index (χ4v) is 2.72.